The van der Waals surface area contributed by atoms with E-state index in [0.717, 1.165) is 15.6 Å². The summed E-state index contributed by atoms with van der Waals surface area (Å²) in [7, 11) is 1.86. The lowest BCUT2D eigenvalue weighted by molar-refractivity contribution is 0.603. The van der Waals surface area contributed by atoms with E-state index in [4.69, 9.17) is 5.73 Å². The van der Waals surface area contributed by atoms with Crippen LogP contribution >= 0.6 is 15.9 Å². The lowest BCUT2D eigenvalue weighted by Crippen LogP contribution is -2.31. The molecule has 0 aliphatic rings. The van der Waals surface area contributed by atoms with Gasteiger partial charge in [0.15, 0.2) is 0 Å². The first-order valence-electron chi connectivity index (χ1n) is 6.48. The van der Waals surface area contributed by atoms with Gasteiger partial charge in [-0.1, -0.05) is 40.2 Å². The molecule has 1 atom stereocenters. The number of likely N-dealkylation sites (N-methyl/N-ethyl adjacent to an activating group) is 1. The molecular formula is C16H18BrFN2. The van der Waals surface area contributed by atoms with Gasteiger partial charge >= 0.3 is 0 Å². The highest BCUT2D eigenvalue weighted by atomic mass is 79.9. The van der Waals surface area contributed by atoms with Crippen LogP contribution in [-0.2, 0) is 0 Å². The fraction of sp³-hybridized carbons (Fsp3) is 0.250. The zero-order valence-corrected chi connectivity index (χ0v) is 13.2. The molecule has 0 spiro atoms. The second kappa shape index (κ2) is 6.37. The van der Waals surface area contributed by atoms with Crippen molar-refractivity contribution in [3.05, 3.63) is 63.9 Å². The maximum Gasteiger partial charge on any atom is 0.146 e. The number of hydrogen-bond acceptors (Lipinski definition) is 2. The molecule has 0 aromatic heterocycles. The van der Waals surface area contributed by atoms with Gasteiger partial charge in [0, 0.05) is 18.1 Å². The van der Waals surface area contributed by atoms with Crippen LogP contribution in [0.15, 0.2) is 46.9 Å². The minimum Gasteiger partial charge on any atom is -0.364 e. The highest BCUT2D eigenvalue weighted by molar-refractivity contribution is 9.10. The molecule has 0 bridgehead atoms. The van der Waals surface area contributed by atoms with Crippen LogP contribution in [-0.4, -0.2) is 13.6 Å². The van der Waals surface area contributed by atoms with Crippen molar-refractivity contribution in [1.82, 2.24) is 0 Å². The molecule has 0 radical (unpaired) electrons. The Labute approximate surface area is 127 Å². The van der Waals surface area contributed by atoms with Gasteiger partial charge in [-0.3, -0.25) is 0 Å². The quantitative estimate of drug-likeness (QED) is 0.913. The molecule has 2 aromatic rings. The lowest BCUT2D eigenvalue weighted by Gasteiger charge is -2.30. The van der Waals surface area contributed by atoms with Gasteiger partial charge in [0.05, 0.1) is 11.7 Å². The van der Waals surface area contributed by atoms with Gasteiger partial charge in [-0.25, -0.2) is 4.39 Å². The molecule has 2 N–H and O–H groups in total. The Hall–Kier alpha value is -1.39. The van der Waals surface area contributed by atoms with Crippen LogP contribution < -0.4 is 10.6 Å². The number of para-hydroxylation sites is 1. The van der Waals surface area contributed by atoms with Gasteiger partial charge < -0.3 is 10.6 Å². The van der Waals surface area contributed by atoms with Gasteiger partial charge in [0.1, 0.15) is 5.82 Å². The zero-order chi connectivity index (χ0) is 14.7. The second-order valence-corrected chi connectivity index (χ2v) is 5.68. The molecule has 2 aromatic carbocycles. The Bertz CT molecular complexity index is 601. The molecule has 0 aliphatic carbocycles. The van der Waals surface area contributed by atoms with Crippen molar-refractivity contribution in [2.24, 2.45) is 5.73 Å². The molecule has 0 aliphatic heterocycles. The van der Waals surface area contributed by atoms with Crippen LogP contribution in [0.5, 0.6) is 0 Å². The van der Waals surface area contributed by atoms with Crippen molar-refractivity contribution in [3.8, 4) is 0 Å². The topological polar surface area (TPSA) is 29.3 Å². The number of anilines is 1. The molecule has 4 heteroatoms. The van der Waals surface area contributed by atoms with E-state index in [1.807, 2.05) is 43.1 Å². The summed E-state index contributed by atoms with van der Waals surface area (Å²) in [4.78, 5) is 1.88. The third kappa shape index (κ3) is 3.02. The maximum absolute atomic E-state index is 13.9. The van der Waals surface area contributed by atoms with E-state index in [1.54, 1.807) is 12.1 Å². The van der Waals surface area contributed by atoms with Crippen LogP contribution in [0.25, 0.3) is 0 Å². The summed E-state index contributed by atoms with van der Waals surface area (Å²) in [5.41, 5.74) is 8.69. The van der Waals surface area contributed by atoms with Crippen molar-refractivity contribution >= 4 is 21.6 Å². The van der Waals surface area contributed by atoms with Crippen LogP contribution in [0.2, 0.25) is 0 Å². The number of rotatable bonds is 4. The maximum atomic E-state index is 13.9. The summed E-state index contributed by atoms with van der Waals surface area (Å²) in [6, 6.07) is 12.8. The summed E-state index contributed by atoms with van der Waals surface area (Å²) in [5, 5.41) is 0. The minimum atomic E-state index is -0.236. The van der Waals surface area contributed by atoms with Crippen molar-refractivity contribution in [2.45, 2.75) is 13.0 Å². The third-order valence-electron chi connectivity index (χ3n) is 3.50. The van der Waals surface area contributed by atoms with E-state index in [0.29, 0.717) is 12.2 Å². The summed E-state index contributed by atoms with van der Waals surface area (Å²) in [5.74, 6) is -0.236. The van der Waals surface area contributed by atoms with Gasteiger partial charge in [-0.05, 0) is 36.2 Å². The first-order chi connectivity index (χ1) is 9.54. The standard InChI is InChI=1S/C16H18BrFN2/c1-11-7-8-12(9-13(11)17)16(10-19)20(2)15-6-4-3-5-14(15)18/h3-9,16H,10,19H2,1-2H3. The zero-order valence-electron chi connectivity index (χ0n) is 11.6. The normalized spacial score (nSPS) is 12.2. The van der Waals surface area contributed by atoms with Crippen LogP contribution in [0.1, 0.15) is 17.2 Å². The number of hydrogen-bond donors (Lipinski definition) is 1. The fourth-order valence-corrected chi connectivity index (χ4v) is 2.64. The Kier molecular flexibility index (Phi) is 4.78. The van der Waals surface area contributed by atoms with E-state index < -0.39 is 0 Å². The van der Waals surface area contributed by atoms with E-state index >= 15 is 0 Å². The van der Waals surface area contributed by atoms with Gasteiger partial charge in [-0.15, -0.1) is 0 Å². The fourth-order valence-electron chi connectivity index (χ4n) is 2.24. The lowest BCUT2D eigenvalue weighted by atomic mass is 10.0. The molecule has 1 unspecified atom stereocenters. The largest absolute Gasteiger partial charge is 0.364 e. The molecule has 0 saturated heterocycles. The average molecular weight is 337 g/mol. The number of nitrogens with two attached hydrogens (primary N) is 1. The Morgan fingerprint density at radius 3 is 2.55 bits per heavy atom. The number of benzene rings is 2. The van der Waals surface area contributed by atoms with E-state index in [9.17, 15) is 4.39 Å². The predicted octanol–water partition coefficient (Wildman–Crippen LogP) is 4.03. The molecular weight excluding hydrogens is 319 g/mol. The van der Waals surface area contributed by atoms with Gasteiger partial charge in [0.2, 0.25) is 0 Å². The summed E-state index contributed by atoms with van der Waals surface area (Å²) >= 11 is 3.53. The molecule has 0 saturated carbocycles. The molecule has 2 nitrogen and oxygen atoms in total. The minimum absolute atomic E-state index is 0.0659. The number of nitrogens with zero attached hydrogens (tertiary/aromatic N) is 1. The molecule has 106 valence electrons. The van der Waals surface area contributed by atoms with Crippen molar-refractivity contribution in [2.75, 3.05) is 18.5 Å². The van der Waals surface area contributed by atoms with Crippen molar-refractivity contribution in [1.29, 1.82) is 0 Å². The highest BCUT2D eigenvalue weighted by Gasteiger charge is 2.18. The highest BCUT2D eigenvalue weighted by Crippen LogP contribution is 2.29. The van der Waals surface area contributed by atoms with E-state index in [-0.39, 0.29) is 11.9 Å². The second-order valence-electron chi connectivity index (χ2n) is 4.82. The van der Waals surface area contributed by atoms with Gasteiger partial charge in [0.25, 0.3) is 0 Å². The Morgan fingerprint density at radius 2 is 1.95 bits per heavy atom. The summed E-state index contributed by atoms with van der Waals surface area (Å²) < 4.78 is 14.9. The first kappa shape index (κ1) is 15.0. The summed E-state index contributed by atoms with van der Waals surface area (Å²) in [6.45, 7) is 2.45. The molecule has 0 fully saturated rings. The third-order valence-corrected chi connectivity index (χ3v) is 4.36. The summed E-state index contributed by atoms with van der Waals surface area (Å²) in [6.07, 6.45) is 0. The smallest absolute Gasteiger partial charge is 0.146 e. The van der Waals surface area contributed by atoms with Gasteiger partial charge in [-0.2, -0.15) is 0 Å². The monoisotopic (exact) mass is 336 g/mol. The molecule has 0 amide bonds. The van der Waals surface area contributed by atoms with Crippen LogP contribution in [0.3, 0.4) is 0 Å². The molecule has 20 heavy (non-hydrogen) atoms. The first-order valence-corrected chi connectivity index (χ1v) is 7.27. The van der Waals surface area contributed by atoms with Crippen molar-refractivity contribution < 1.29 is 4.39 Å². The van der Waals surface area contributed by atoms with E-state index in [1.165, 1.54) is 6.07 Å². The van der Waals surface area contributed by atoms with Crippen LogP contribution in [0, 0.1) is 12.7 Å². The molecule has 0 heterocycles. The van der Waals surface area contributed by atoms with Crippen LogP contribution in [0.4, 0.5) is 10.1 Å². The SMILES string of the molecule is Cc1ccc(C(CN)N(C)c2ccccc2F)cc1Br. The predicted molar refractivity (Wildman–Crippen MR) is 85.5 cm³/mol. The van der Waals surface area contributed by atoms with Crippen molar-refractivity contribution in [3.63, 3.8) is 0 Å². The average Bonchev–Trinajstić information content (AvgIpc) is 2.44. The number of aryl methyl sites for hydroxylation is 1. The Morgan fingerprint density at radius 1 is 1.25 bits per heavy atom. The Balaban J connectivity index is 2.36. The number of halogens is 2. The van der Waals surface area contributed by atoms with E-state index in [2.05, 4.69) is 15.9 Å². The molecule has 2 rings (SSSR count).